The van der Waals surface area contributed by atoms with Crippen LogP contribution < -0.4 is 5.32 Å². The molecule has 1 saturated heterocycles. The van der Waals surface area contributed by atoms with Gasteiger partial charge in [-0.1, -0.05) is 13.8 Å². The maximum Gasteiger partial charge on any atom is 0.0585 e. The summed E-state index contributed by atoms with van der Waals surface area (Å²) >= 11 is 0. The standard InChI is InChI=1S/C14H31N3O/c1-11(2)15-14(10-18)6-7-17-8-12(3)16(5)13(4)9-17/h11-15,18H,6-10H2,1-5H3. The molecule has 0 bridgehead atoms. The van der Waals surface area contributed by atoms with E-state index in [0.717, 1.165) is 26.1 Å². The lowest BCUT2D eigenvalue weighted by Gasteiger charge is -2.42. The maximum absolute atomic E-state index is 9.36. The van der Waals surface area contributed by atoms with Gasteiger partial charge in [0.05, 0.1) is 6.61 Å². The summed E-state index contributed by atoms with van der Waals surface area (Å²) in [5.74, 6) is 0. The van der Waals surface area contributed by atoms with Crippen molar-refractivity contribution in [1.82, 2.24) is 15.1 Å². The molecule has 18 heavy (non-hydrogen) atoms. The number of piperazine rings is 1. The Morgan fingerprint density at radius 1 is 1.22 bits per heavy atom. The van der Waals surface area contributed by atoms with Crippen molar-refractivity contribution in [3.05, 3.63) is 0 Å². The third-order valence-electron chi connectivity index (χ3n) is 4.02. The molecule has 1 fully saturated rings. The summed E-state index contributed by atoms with van der Waals surface area (Å²) in [5, 5.41) is 12.8. The molecule has 0 aromatic heterocycles. The molecule has 1 rings (SSSR count). The average molecular weight is 257 g/mol. The van der Waals surface area contributed by atoms with Crippen molar-refractivity contribution in [2.45, 2.75) is 58.3 Å². The van der Waals surface area contributed by atoms with E-state index < -0.39 is 0 Å². The van der Waals surface area contributed by atoms with Crippen LogP contribution in [0.15, 0.2) is 0 Å². The van der Waals surface area contributed by atoms with Crippen LogP contribution in [0.1, 0.15) is 34.1 Å². The number of aliphatic hydroxyl groups is 1. The second-order valence-electron chi connectivity index (χ2n) is 6.11. The van der Waals surface area contributed by atoms with E-state index in [2.05, 4.69) is 49.9 Å². The van der Waals surface area contributed by atoms with Gasteiger partial charge in [0.15, 0.2) is 0 Å². The molecule has 0 aromatic rings. The zero-order valence-corrected chi connectivity index (χ0v) is 12.7. The molecule has 0 aliphatic carbocycles. The Bertz CT molecular complexity index is 223. The van der Waals surface area contributed by atoms with Gasteiger partial charge >= 0.3 is 0 Å². The van der Waals surface area contributed by atoms with Crippen molar-refractivity contribution in [2.75, 3.05) is 33.3 Å². The molecule has 0 saturated carbocycles. The summed E-state index contributed by atoms with van der Waals surface area (Å²) in [4.78, 5) is 4.98. The third-order valence-corrected chi connectivity index (χ3v) is 4.02. The molecule has 2 N–H and O–H groups in total. The number of likely N-dealkylation sites (N-methyl/N-ethyl adjacent to an activating group) is 1. The molecule has 0 aromatic carbocycles. The molecule has 4 heteroatoms. The SMILES string of the molecule is CC(C)NC(CO)CCN1CC(C)N(C)C(C)C1. The molecule has 0 amide bonds. The van der Waals surface area contributed by atoms with Gasteiger partial charge < -0.3 is 15.3 Å². The van der Waals surface area contributed by atoms with Gasteiger partial charge in [0.25, 0.3) is 0 Å². The van der Waals surface area contributed by atoms with Crippen LogP contribution >= 0.6 is 0 Å². The van der Waals surface area contributed by atoms with E-state index in [0.29, 0.717) is 18.1 Å². The van der Waals surface area contributed by atoms with E-state index in [1.54, 1.807) is 0 Å². The third kappa shape index (κ3) is 4.84. The molecule has 1 aliphatic heterocycles. The second-order valence-corrected chi connectivity index (χ2v) is 6.11. The smallest absolute Gasteiger partial charge is 0.0585 e. The minimum atomic E-state index is 0.232. The Balaban J connectivity index is 2.34. The van der Waals surface area contributed by atoms with Crippen LogP contribution in [0.25, 0.3) is 0 Å². The van der Waals surface area contributed by atoms with E-state index in [1.807, 2.05) is 0 Å². The van der Waals surface area contributed by atoms with Gasteiger partial charge in [-0.25, -0.2) is 0 Å². The highest BCUT2D eigenvalue weighted by Gasteiger charge is 2.26. The minimum absolute atomic E-state index is 0.232. The number of hydrogen-bond acceptors (Lipinski definition) is 4. The number of nitrogens with zero attached hydrogens (tertiary/aromatic N) is 2. The lowest BCUT2D eigenvalue weighted by molar-refractivity contribution is 0.0559. The predicted octanol–water partition coefficient (Wildman–Crippen LogP) is 0.760. The first kappa shape index (κ1) is 15.9. The van der Waals surface area contributed by atoms with Crippen molar-refractivity contribution in [3.8, 4) is 0 Å². The Labute approximate surface area is 112 Å². The Morgan fingerprint density at radius 3 is 2.22 bits per heavy atom. The summed E-state index contributed by atoms with van der Waals surface area (Å²) in [6, 6.07) is 1.92. The van der Waals surface area contributed by atoms with Crippen molar-refractivity contribution in [3.63, 3.8) is 0 Å². The second kappa shape index (κ2) is 7.43. The van der Waals surface area contributed by atoms with E-state index in [9.17, 15) is 5.11 Å². The van der Waals surface area contributed by atoms with Crippen LogP contribution in [0.2, 0.25) is 0 Å². The van der Waals surface area contributed by atoms with Gasteiger partial charge in [0.2, 0.25) is 0 Å². The first-order chi connectivity index (χ1) is 8.43. The van der Waals surface area contributed by atoms with E-state index in [-0.39, 0.29) is 12.6 Å². The largest absolute Gasteiger partial charge is 0.395 e. The highest BCUT2D eigenvalue weighted by molar-refractivity contribution is 4.83. The van der Waals surface area contributed by atoms with Crippen molar-refractivity contribution < 1.29 is 5.11 Å². The Hall–Kier alpha value is -0.160. The van der Waals surface area contributed by atoms with E-state index in [4.69, 9.17) is 0 Å². The molecule has 0 radical (unpaired) electrons. The molecule has 1 heterocycles. The first-order valence-corrected chi connectivity index (χ1v) is 7.25. The van der Waals surface area contributed by atoms with Gasteiger partial charge in [-0.3, -0.25) is 4.90 Å². The Morgan fingerprint density at radius 2 is 1.78 bits per heavy atom. The molecule has 3 atom stereocenters. The van der Waals surface area contributed by atoms with Gasteiger partial charge in [0.1, 0.15) is 0 Å². The zero-order valence-electron chi connectivity index (χ0n) is 12.7. The summed E-state index contributed by atoms with van der Waals surface area (Å²) in [6.07, 6.45) is 1.03. The predicted molar refractivity (Wildman–Crippen MR) is 76.9 cm³/mol. The highest BCUT2D eigenvalue weighted by atomic mass is 16.3. The molecule has 108 valence electrons. The van der Waals surface area contributed by atoms with Gasteiger partial charge in [-0.2, -0.15) is 0 Å². The van der Waals surface area contributed by atoms with Crippen LogP contribution in [0, 0.1) is 0 Å². The normalized spacial score (nSPS) is 28.8. The van der Waals surface area contributed by atoms with Crippen LogP contribution in [0.3, 0.4) is 0 Å². The number of hydrogen-bond donors (Lipinski definition) is 2. The fourth-order valence-corrected chi connectivity index (χ4v) is 2.73. The summed E-state index contributed by atoms with van der Waals surface area (Å²) in [5.41, 5.74) is 0. The summed E-state index contributed by atoms with van der Waals surface area (Å²) in [6.45, 7) is 12.4. The van der Waals surface area contributed by atoms with Crippen LogP contribution in [-0.2, 0) is 0 Å². The molecular weight excluding hydrogens is 226 g/mol. The van der Waals surface area contributed by atoms with Gasteiger partial charge in [-0.05, 0) is 33.9 Å². The zero-order chi connectivity index (χ0) is 13.7. The van der Waals surface area contributed by atoms with Crippen LogP contribution in [0.4, 0.5) is 0 Å². The fourth-order valence-electron chi connectivity index (χ4n) is 2.73. The van der Waals surface area contributed by atoms with E-state index in [1.165, 1.54) is 0 Å². The van der Waals surface area contributed by atoms with Crippen LogP contribution in [-0.4, -0.2) is 72.4 Å². The van der Waals surface area contributed by atoms with E-state index >= 15 is 0 Å². The lowest BCUT2D eigenvalue weighted by Crippen LogP contribution is -2.55. The lowest BCUT2D eigenvalue weighted by atomic mass is 10.1. The molecule has 0 spiro atoms. The highest BCUT2D eigenvalue weighted by Crippen LogP contribution is 2.13. The topological polar surface area (TPSA) is 38.7 Å². The molecule has 4 nitrogen and oxygen atoms in total. The minimum Gasteiger partial charge on any atom is -0.395 e. The first-order valence-electron chi connectivity index (χ1n) is 7.25. The van der Waals surface area contributed by atoms with Gasteiger partial charge in [0, 0.05) is 37.3 Å². The van der Waals surface area contributed by atoms with Crippen molar-refractivity contribution >= 4 is 0 Å². The Kier molecular flexibility index (Phi) is 6.57. The number of aliphatic hydroxyl groups excluding tert-OH is 1. The average Bonchev–Trinajstić information content (AvgIpc) is 2.30. The molecule has 3 unspecified atom stereocenters. The maximum atomic E-state index is 9.36. The molecule has 1 aliphatic rings. The van der Waals surface area contributed by atoms with Crippen LogP contribution in [0.5, 0.6) is 0 Å². The number of rotatable bonds is 6. The van der Waals surface area contributed by atoms with Crippen molar-refractivity contribution in [1.29, 1.82) is 0 Å². The summed E-state index contributed by atoms with van der Waals surface area (Å²) < 4.78 is 0. The monoisotopic (exact) mass is 257 g/mol. The fraction of sp³-hybridized carbons (Fsp3) is 1.00. The summed E-state index contributed by atoms with van der Waals surface area (Å²) in [7, 11) is 2.21. The number of nitrogens with one attached hydrogen (secondary N) is 1. The molecular formula is C14H31N3O. The van der Waals surface area contributed by atoms with Gasteiger partial charge in [-0.15, -0.1) is 0 Å². The van der Waals surface area contributed by atoms with Crippen molar-refractivity contribution in [2.24, 2.45) is 0 Å². The quantitative estimate of drug-likeness (QED) is 0.737.